The molecule has 0 radical (unpaired) electrons. The highest BCUT2D eigenvalue weighted by atomic mass is 16.1. The molecule has 0 atom stereocenters. The van der Waals surface area contributed by atoms with Crippen molar-refractivity contribution in [3.05, 3.63) is 41.7 Å². The fourth-order valence-electron chi connectivity index (χ4n) is 2.65. The number of carbonyl (C=O) groups is 1. The molecule has 112 valence electrons. The van der Waals surface area contributed by atoms with Crippen LogP contribution in [-0.2, 0) is 17.8 Å². The molecule has 0 aliphatic heterocycles. The predicted octanol–water partition coefficient (Wildman–Crippen LogP) is 2.30. The monoisotopic (exact) mass is 285 g/mol. The number of hydrogen-bond acceptors (Lipinski definition) is 3. The van der Waals surface area contributed by atoms with Gasteiger partial charge in [0.25, 0.3) is 0 Å². The van der Waals surface area contributed by atoms with Crippen LogP contribution in [-0.4, -0.2) is 17.4 Å². The number of hydrogen-bond donors (Lipinski definition) is 2. The maximum absolute atomic E-state index is 11.1. The molecule has 2 rings (SSSR count). The maximum Gasteiger partial charge on any atom is 0.152 e. The highest BCUT2D eigenvalue weighted by molar-refractivity contribution is 6.07. The molecule has 0 spiro atoms. The van der Waals surface area contributed by atoms with E-state index >= 15 is 0 Å². The summed E-state index contributed by atoms with van der Waals surface area (Å²) >= 11 is 0. The Morgan fingerprint density at radius 2 is 2.14 bits per heavy atom. The average molecular weight is 285 g/mol. The first-order valence-electron chi connectivity index (χ1n) is 7.30. The van der Waals surface area contributed by atoms with Crippen LogP contribution in [0.1, 0.15) is 25.0 Å². The summed E-state index contributed by atoms with van der Waals surface area (Å²) in [5.74, 6) is 0.547. The molecule has 0 unspecified atom stereocenters. The van der Waals surface area contributed by atoms with E-state index in [1.165, 1.54) is 17.1 Å². The third-order valence-electron chi connectivity index (χ3n) is 3.58. The van der Waals surface area contributed by atoms with Gasteiger partial charge in [-0.1, -0.05) is 26.0 Å². The normalized spacial score (nSPS) is 12.3. The van der Waals surface area contributed by atoms with Crippen LogP contribution in [0.3, 0.4) is 0 Å². The van der Waals surface area contributed by atoms with Gasteiger partial charge in [0.15, 0.2) is 6.29 Å². The molecule has 0 amide bonds. The van der Waals surface area contributed by atoms with Crippen LogP contribution in [0.5, 0.6) is 0 Å². The van der Waals surface area contributed by atoms with Crippen molar-refractivity contribution in [3.63, 3.8) is 0 Å². The van der Waals surface area contributed by atoms with Crippen molar-refractivity contribution in [2.24, 2.45) is 17.4 Å². The molecule has 2 aromatic rings. The zero-order valence-corrected chi connectivity index (χ0v) is 12.7. The number of allylic oxidation sites excluding steroid dienone is 1. The Morgan fingerprint density at radius 3 is 2.71 bits per heavy atom. The van der Waals surface area contributed by atoms with Crippen LogP contribution in [0.15, 0.2) is 30.6 Å². The molecule has 4 nitrogen and oxygen atoms in total. The minimum atomic E-state index is 0.509. The van der Waals surface area contributed by atoms with Crippen molar-refractivity contribution in [1.82, 2.24) is 4.57 Å². The van der Waals surface area contributed by atoms with Crippen molar-refractivity contribution in [1.29, 1.82) is 0 Å². The number of fused-ring (bicyclic) bond motifs is 1. The van der Waals surface area contributed by atoms with E-state index in [-0.39, 0.29) is 0 Å². The molecule has 21 heavy (non-hydrogen) atoms. The third-order valence-corrected chi connectivity index (χ3v) is 3.58. The lowest BCUT2D eigenvalue weighted by atomic mass is 10.0. The Morgan fingerprint density at radius 1 is 1.38 bits per heavy atom. The van der Waals surface area contributed by atoms with Crippen molar-refractivity contribution >= 4 is 22.8 Å². The summed E-state index contributed by atoms with van der Waals surface area (Å²) in [6.07, 6.45) is 5.17. The number of benzene rings is 1. The molecule has 4 N–H and O–H groups in total. The Kier molecular flexibility index (Phi) is 4.81. The van der Waals surface area contributed by atoms with Crippen LogP contribution in [0.2, 0.25) is 0 Å². The van der Waals surface area contributed by atoms with Gasteiger partial charge in [0.1, 0.15) is 0 Å². The van der Waals surface area contributed by atoms with Crippen LogP contribution in [0.4, 0.5) is 0 Å². The van der Waals surface area contributed by atoms with Crippen molar-refractivity contribution in [2.75, 3.05) is 6.54 Å². The largest absolute Gasteiger partial charge is 0.404 e. The highest BCUT2D eigenvalue weighted by Crippen LogP contribution is 2.26. The van der Waals surface area contributed by atoms with E-state index < -0.39 is 0 Å². The fourth-order valence-corrected chi connectivity index (χ4v) is 2.65. The first kappa shape index (κ1) is 15.3. The van der Waals surface area contributed by atoms with E-state index in [0.29, 0.717) is 18.0 Å². The molecule has 0 aliphatic rings. The van der Waals surface area contributed by atoms with Crippen molar-refractivity contribution < 1.29 is 4.79 Å². The molecule has 1 aromatic heterocycles. The highest BCUT2D eigenvalue weighted by Gasteiger charge is 2.11. The second kappa shape index (κ2) is 6.59. The van der Waals surface area contributed by atoms with Crippen LogP contribution in [0, 0.1) is 5.92 Å². The van der Waals surface area contributed by atoms with Gasteiger partial charge in [-0.25, -0.2) is 0 Å². The molecule has 0 aliphatic carbocycles. The molecular formula is C17H23N3O. The van der Waals surface area contributed by atoms with E-state index in [0.717, 1.165) is 30.3 Å². The van der Waals surface area contributed by atoms with Gasteiger partial charge >= 0.3 is 0 Å². The number of nitrogens with two attached hydrogens (primary N) is 2. The number of nitrogens with zero attached hydrogens (tertiary/aromatic N) is 1. The lowest BCUT2D eigenvalue weighted by Crippen LogP contribution is -2.04. The summed E-state index contributed by atoms with van der Waals surface area (Å²) in [5.41, 5.74) is 15.0. The Balaban J connectivity index is 2.59. The summed E-state index contributed by atoms with van der Waals surface area (Å²) in [7, 11) is 0. The smallest absolute Gasteiger partial charge is 0.152 e. The van der Waals surface area contributed by atoms with E-state index in [1.807, 2.05) is 12.1 Å². The minimum Gasteiger partial charge on any atom is -0.404 e. The summed E-state index contributed by atoms with van der Waals surface area (Å²) in [5, 5.41) is 1.20. The van der Waals surface area contributed by atoms with Crippen LogP contribution in [0.25, 0.3) is 16.5 Å². The fraction of sp³-hybridized carbons (Fsp3) is 0.353. The SMILES string of the molecule is CC(C)Cn1cc(CCN)c2ccc(C(C=O)=CN)cc21. The van der Waals surface area contributed by atoms with Crippen LogP contribution < -0.4 is 11.5 Å². The zero-order valence-electron chi connectivity index (χ0n) is 12.7. The molecule has 0 saturated heterocycles. The number of aldehydes is 1. The Labute approximate surface area is 125 Å². The standard InChI is InChI=1S/C17H23N3O/c1-12(2)9-20-10-14(5-6-18)16-4-3-13(7-17(16)20)15(8-19)11-21/h3-4,7-8,10-12H,5-6,9,18-19H2,1-2H3. The number of aromatic nitrogens is 1. The lowest BCUT2D eigenvalue weighted by molar-refractivity contribution is -0.103. The molecule has 0 saturated carbocycles. The second-order valence-electron chi connectivity index (χ2n) is 5.71. The summed E-state index contributed by atoms with van der Waals surface area (Å²) in [6, 6.07) is 6.03. The van der Waals surface area contributed by atoms with Gasteiger partial charge in [0.05, 0.1) is 0 Å². The minimum absolute atomic E-state index is 0.509. The van der Waals surface area contributed by atoms with E-state index in [9.17, 15) is 4.79 Å². The zero-order chi connectivity index (χ0) is 15.4. The average Bonchev–Trinajstić information content (AvgIpc) is 2.78. The second-order valence-corrected chi connectivity index (χ2v) is 5.71. The van der Waals surface area contributed by atoms with Gasteiger partial charge in [-0.05, 0) is 36.1 Å². The molecule has 1 aromatic carbocycles. The summed E-state index contributed by atoms with van der Waals surface area (Å²) in [6.45, 7) is 5.95. The van der Waals surface area contributed by atoms with E-state index in [2.05, 4.69) is 30.7 Å². The molecular weight excluding hydrogens is 262 g/mol. The van der Waals surface area contributed by atoms with Gasteiger partial charge in [0.2, 0.25) is 0 Å². The molecule has 1 heterocycles. The van der Waals surface area contributed by atoms with Gasteiger partial charge in [-0.2, -0.15) is 0 Å². The van der Waals surface area contributed by atoms with Crippen molar-refractivity contribution in [3.8, 4) is 0 Å². The predicted molar refractivity (Wildman–Crippen MR) is 87.8 cm³/mol. The van der Waals surface area contributed by atoms with Gasteiger partial charge in [-0.15, -0.1) is 0 Å². The lowest BCUT2D eigenvalue weighted by Gasteiger charge is -2.09. The van der Waals surface area contributed by atoms with Gasteiger partial charge in [-0.3, -0.25) is 4.79 Å². The first-order chi connectivity index (χ1) is 10.1. The Bertz CT molecular complexity index is 668. The quantitative estimate of drug-likeness (QED) is 0.631. The first-order valence-corrected chi connectivity index (χ1v) is 7.30. The van der Waals surface area contributed by atoms with E-state index in [1.54, 1.807) is 0 Å². The number of carbonyl (C=O) groups excluding carboxylic acids is 1. The topological polar surface area (TPSA) is 74.0 Å². The summed E-state index contributed by atoms with van der Waals surface area (Å²) in [4.78, 5) is 11.1. The van der Waals surface area contributed by atoms with E-state index in [4.69, 9.17) is 11.5 Å². The Hall–Kier alpha value is -2.07. The number of rotatable bonds is 6. The maximum atomic E-state index is 11.1. The molecule has 4 heteroatoms. The third kappa shape index (κ3) is 3.16. The molecule has 0 bridgehead atoms. The van der Waals surface area contributed by atoms with Crippen LogP contribution >= 0.6 is 0 Å². The van der Waals surface area contributed by atoms with Gasteiger partial charge < -0.3 is 16.0 Å². The van der Waals surface area contributed by atoms with Crippen molar-refractivity contribution in [2.45, 2.75) is 26.8 Å². The van der Waals surface area contributed by atoms with Gasteiger partial charge in [0, 0.05) is 35.4 Å². The summed E-state index contributed by atoms with van der Waals surface area (Å²) < 4.78 is 2.24. The molecule has 0 fully saturated rings.